The Kier molecular flexibility index (Phi) is 5.22. The lowest BCUT2D eigenvalue weighted by atomic mass is 10.1. The van der Waals surface area contributed by atoms with E-state index >= 15 is 0 Å². The van der Waals surface area contributed by atoms with Gasteiger partial charge in [0.25, 0.3) is 0 Å². The van der Waals surface area contributed by atoms with E-state index in [0.29, 0.717) is 5.82 Å². The minimum Gasteiger partial charge on any atom is -0.337 e. The number of nitrogens with zero attached hydrogens (tertiary/aromatic N) is 6. The highest BCUT2D eigenvalue weighted by atomic mass is 19.1. The molecule has 6 aromatic rings. The number of fused-ring (bicyclic) bond motifs is 6. The molecule has 0 saturated carbocycles. The van der Waals surface area contributed by atoms with Gasteiger partial charge >= 0.3 is 0 Å². The average Bonchev–Trinajstić information content (AvgIpc) is 3.50. The number of nitrogens with one attached hydrogen (secondary N) is 1. The molecule has 7 nitrogen and oxygen atoms in total. The van der Waals surface area contributed by atoms with Crippen molar-refractivity contribution in [2.24, 2.45) is 0 Å². The number of aromatic amines is 1. The summed E-state index contributed by atoms with van der Waals surface area (Å²) in [7, 11) is 4.12. The Balaban J connectivity index is 1.56. The predicted molar refractivity (Wildman–Crippen MR) is 136 cm³/mol. The van der Waals surface area contributed by atoms with Crippen molar-refractivity contribution in [3.8, 4) is 22.6 Å². The first-order valence-corrected chi connectivity index (χ1v) is 11.6. The maximum atomic E-state index is 13.6. The predicted octanol–water partition coefficient (Wildman–Crippen LogP) is 5.28. The molecule has 0 amide bonds. The number of H-pyrrole nitrogens is 1. The van der Waals surface area contributed by atoms with Crippen molar-refractivity contribution in [3.05, 3.63) is 72.9 Å². The minimum atomic E-state index is -0.276. The van der Waals surface area contributed by atoms with Gasteiger partial charge in [-0.05, 0) is 75.6 Å². The van der Waals surface area contributed by atoms with Gasteiger partial charge in [0.15, 0.2) is 0 Å². The molecular formula is C27H24FN7. The lowest BCUT2D eigenvalue weighted by Gasteiger charge is -2.08. The smallest absolute Gasteiger partial charge is 0.142 e. The maximum Gasteiger partial charge on any atom is 0.142 e. The van der Waals surface area contributed by atoms with E-state index in [0.717, 1.165) is 69.2 Å². The Labute approximate surface area is 201 Å². The van der Waals surface area contributed by atoms with Crippen molar-refractivity contribution in [3.63, 3.8) is 0 Å². The molecule has 35 heavy (non-hydrogen) atoms. The van der Waals surface area contributed by atoms with Gasteiger partial charge in [0, 0.05) is 41.5 Å². The second-order valence-corrected chi connectivity index (χ2v) is 8.93. The van der Waals surface area contributed by atoms with Crippen molar-refractivity contribution in [2.75, 3.05) is 20.6 Å². The molecule has 0 atom stereocenters. The molecule has 4 aromatic heterocycles. The fourth-order valence-corrected chi connectivity index (χ4v) is 4.55. The summed E-state index contributed by atoms with van der Waals surface area (Å²) in [6, 6.07) is 14.3. The molecule has 0 unspecified atom stereocenters. The summed E-state index contributed by atoms with van der Waals surface area (Å²) >= 11 is 0. The monoisotopic (exact) mass is 465 g/mol. The topological polar surface area (TPSA) is 75.5 Å². The molecule has 2 aromatic carbocycles. The number of aromatic nitrogens is 6. The lowest BCUT2D eigenvalue weighted by molar-refractivity contribution is 0.381. The normalized spacial score (nSPS) is 11.9. The first-order valence-electron chi connectivity index (χ1n) is 11.6. The second kappa shape index (κ2) is 8.56. The molecule has 174 valence electrons. The second-order valence-electron chi connectivity index (χ2n) is 8.93. The van der Waals surface area contributed by atoms with Crippen LogP contribution in [-0.4, -0.2) is 55.3 Å². The number of hydrogen-bond donors (Lipinski definition) is 1. The average molecular weight is 466 g/mol. The van der Waals surface area contributed by atoms with Gasteiger partial charge in [-0.1, -0.05) is 0 Å². The van der Waals surface area contributed by atoms with Crippen LogP contribution in [0.4, 0.5) is 4.39 Å². The van der Waals surface area contributed by atoms with Crippen LogP contribution < -0.4 is 0 Å². The molecule has 6 rings (SSSR count). The van der Waals surface area contributed by atoms with E-state index in [4.69, 9.17) is 10.1 Å². The molecule has 1 N–H and O–H groups in total. The van der Waals surface area contributed by atoms with Crippen molar-refractivity contribution in [1.29, 1.82) is 0 Å². The summed E-state index contributed by atoms with van der Waals surface area (Å²) in [5, 5.41) is 6.78. The number of imidazole rings is 1. The molecule has 0 radical (unpaired) electrons. The Morgan fingerprint density at radius 3 is 2.37 bits per heavy atom. The van der Waals surface area contributed by atoms with Crippen LogP contribution in [0.2, 0.25) is 0 Å². The molecule has 0 aliphatic carbocycles. The third-order valence-corrected chi connectivity index (χ3v) is 6.20. The SMILES string of the molecule is CN(C)CCCn1cc(-c2nc3c4cccnc4c4ncccc4c3[nH]2)c(-c2ccc(F)cc2)n1. The number of halogens is 1. The maximum absolute atomic E-state index is 13.6. The quantitative estimate of drug-likeness (QED) is 0.339. The van der Waals surface area contributed by atoms with E-state index < -0.39 is 0 Å². The van der Waals surface area contributed by atoms with Crippen molar-refractivity contribution >= 4 is 32.8 Å². The van der Waals surface area contributed by atoms with E-state index in [-0.39, 0.29) is 5.82 Å². The van der Waals surface area contributed by atoms with Crippen molar-refractivity contribution in [1.82, 2.24) is 34.6 Å². The van der Waals surface area contributed by atoms with Crippen LogP contribution in [0.5, 0.6) is 0 Å². The van der Waals surface area contributed by atoms with Gasteiger partial charge in [-0.15, -0.1) is 0 Å². The number of hydrogen-bond acceptors (Lipinski definition) is 5. The van der Waals surface area contributed by atoms with Gasteiger partial charge in [-0.25, -0.2) is 9.37 Å². The molecule has 0 spiro atoms. The van der Waals surface area contributed by atoms with Crippen LogP contribution in [0, 0.1) is 5.82 Å². The van der Waals surface area contributed by atoms with E-state index in [1.807, 2.05) is 35.1 Å². The third kappa shape index (κ3) is 3.81. The Morgan fingerprint density at radius 1 is 0.914 bits per heavy atom. The number of aryl methyl sites for hydroxylation is 1. The zero-order valence-electron chi connectivity index (χ0n) is 19.5. The van der Waals surface area contributed by atoms with Crippen LogP contribution in [0.3, 0.4) is 0 Å². The van der Waals surface area contributed by atoms with Gasteiger partial charge in [0.05, 0.1) is 27.6 Å². The summed E-state index contributed by atoms with van der Waals surface area (Å²) < 4.78 is 15.6. The minimum absolute atomic E-state index is 0.276. The third-order valence-electron chi connectivity index (χ3n) is 6.20. The molecule has 0 aliphatic rings. The number of benzene rings is 2. The summed E-state index contributed by atoms with van der Waals surface area (Å²) in [6.45, 7) is 1.73. The molecule has 8 heteroatoms. The highest BCUT2D eigenvalue weighted by Gasteiger charge is 2.20. The molecular weight excluding hydrogens is 441 g/mol. The zero-order chi connectivity index (χ0) is 23.9. The first kappa shape index (κ1) is 21.4. The fourth-order valence-electron chi connectivity index (χ4n) is 4.55. The lowest BCUT2D eigenvalue weighted by Crippen LogP contribution is -2.15. The summed E-state index contributed by atoms with van der Waals surface area (Å²) in [5.74, 6) is 0.432. The summed E-state index contributed by atoms with van der Waals surface area (Å²) in [5.41, 5.74) is 5.88. The van der Waals surface area contributed by atoms with Crippen molar-refractivity contribution in [2.45, 2.75) is 13.0 Å². The van der Waals surface area contributed by atoms with Gasteiger partial charge in [-0.2, -0.15) is 5.10 Å². The molecule has 0 bridgehead atoms. The number of rotatable bonds is 6. The van der Waals surface area contributed by atoms with Crippen LogP contribution >= 0.6 is 0 Å². The fraction of sp³-hybridized carbons (Fsp3) is 0.185. The Morgan fingerprint density at radius 2 is 1.63 bits per heavy atom. The van der Waals surface area contributed by atoms with Crippen LogP contribution in [0.1, 0.15) is 6.42 Å². The van der Waals surface area contributed by atoms with E-state index in [1.165, 1.54) is 12.1 Å². The first-order chi connectivity index (χ1) is 17.1. The largest absolute Gasteiger partial charge is 0.337 e. The molecule has 0 aliphatic heterocycles. The van der Waals surface area contributed by atoms with Gasteiger partial charge in [0.1, 0.15) is 17.3 Å². The Hall–Kier alpha value is -4.17. The summed E-state index contributed by atoms with van der Waals surface area (Å²) in [4.78, 5) is 19.9. The number of pyridine rings is 2. The van der Waals surface area contributed by atoms with Crippen LogP contribution in [0.15, 0.2) is 67.1 Å². The standard InChI is InChI=1S/C27H24FN7/c1-34(2)14-5-15-35-16-21(22(33-35)17-8-10-18(28)11-9-17)27-31-25-19-6-3-12-29-23(19)24-20(26(25)32-27)7-4-13-30-24/h3-4,6-13,16H,5,14-15H2,1-2H3,(H,31,32). The molecule has 0 saturated heterocycles. The van der Waals surface area contributed by atoms with E-state index in [2.05, 4.69) is 33.9 Å². The van der Waals surface area contributed by atoms with E-state index in [1.54, 1.807) is 24.5 Å². The van der Waals surface area contributed by atoms with Crippen molar-refractivity contribution < 1.29 is 4.39 Å². The van der Waals surface area contributed by atoms with Crippen LogP contribution in [0.25, 0.3) is 55.5 Å². The van der Waals surface area contributed by atoms with Gasteiger partial charge in [-0.3, -0.25) is 14.6 Å². The zero-order valence-corrected chi connectivity index (χ0v) is 19.5. The molecule has 0 fully saturated rings. The van der Waals surface area contributed by atoms with Crippen LogP contribution in [-0.2, 0) is 6.54 Å². The highest BCUT2D eigenvalue weighted by molar-refractivity contribution is 6.21. The summed E-state index contributed by atoms with van der Waals surface area (Å²) in [6.07, 6.45) is 6.54. The molecule has 4 heterocycles. The van der Waals surface area contributed by atoms with E-state index in [9.17, 15) is 4.39 Å². The van der Waals surface area contributed by atoms with Gasteiger partial charge < -0.3 is 9.88 Å². The van der Waals surface area contributed by atoms with Gasteiger partial charge in [0.2, 0.25) is 0 Å². The highest BCUT2D eigenvalue weighted by Crippen LogP contribution is 2.36. The Bertz CT molecular complexity index is 1590.